The van der Waals surface area contributed by atoms with Crippen LogP contribution in [0.5, 0.6) is 11.5 Å². The second-order valence-electron chi connectivity index (χ2n) is 22.7. The highest BCUT2D eigenvalue weighted by molar-refractivity contribution is 5.80. The van der Waals surface area contributed by atoms with Crippen molar-refractivity contribution in [3.8, 4) is 68.0 Å². The Bertz CT molecular complexity index is 3770. The van der Waals surface area contributed by atoms with Gasteiger partial charge in [0.1, 0.15) is 34.4 Å². The molecule has 23 heteroatoms. The lowest BCUT2D eigenvalue weighted by atomic mass is 9.36. The van der Waals surface area contributed by atoms with E-state index in [-0.39, 0.29) is 82.2 Å². The lowest BCUT2D eigenvalue weighted by Crippen LogP contribution is -2.63. The van der Waals surface area contributed by atoms with Crippen LogP contribution in [0.4, 0.5) is 32.0 Å². The Morgan fingerprint density at radius 3 is 1.70 bits per heavy atom. The van der Waals surface area contributed by atoms with Gasteiger partial charge >= 0.3 is 24.2 Å². The predicted molar refractivity (Wildman–Crippen MR) is 279 cm³/mol. The summed E-state index contributed by atoms with van der Waals surface area (Å²) in [7, 11) is 0. The van der Waals surface area contributed by atoms with E-state index in [0.29, 0.717) is 77.7 Å². The highest BCUT2D eigenvalue weighted by Crippen LogP contribution is 2.71. The second kappa shape index (κ2) is 20.2. The molecule has 5 heterocycles. The van der Waals surface area contributed by atoms with Gasteiger partial charge in [0.25, 0.3) is 0 Å². The number of alkyl halides is 6. The fourth-order valence-electron chi connectivity index (χ4n) is 13.5. The van der Waals surface area contributed by atoms with Gasteiger partial charge in [0.2, 0.25) is 5.89 Å². The number of halogens is 6. The predicted octanol–water partition coefficient (Wildman–Crippen LogP) is 12.8. The number of ether oxygens (including phenoxy) is 4. The van der Waals surface area contributed by atoms with E-state index in [4.69, 9.17) is 27.7 Å². The number of hydrogen-bond donors (Lipinski definition) is 2. The van der Waals surface area contributed by atoms with Gasteiger partial charge in [0.15, 0.2) is 5.82 Å². The molecule has 0 spiro atoms. The molecule has 6 fully saturated rings. The van der Waals surface area contributed by atoms with E-state index in [1.807, 2.05) is 36.4 Å². The van der Waals surface area contributed by atoms with E-state index in [2.05, 4.69) is 56.9 Å². The van der Waals surface area contributed by atoms with Crippen molar-refractivity contribution in [2.45, 2.75) is 126 Å². The summed E-state index contributed by atoms with van der Waals surface area (Å²) in [5.74, 6) is 0.632. The molecule has 0 bridgehead atoms. The minimum Gasteiger partial charge on any atom is -0.405 e. The van der Waals surface area contributed by atoms with Crippen LogP contribution in [-0.2, 0) is 28.1 Å². The molecule has 5 atom stereocenters. The number of aromatic nitrogens is 6. The monoisotopic (exact) mass is 1130 g/mol. The first kappa shape index (κ1) is 52.2. The number of hydrogen-bond acceptors (Lipinski definition) is 15. The van der Waals surface area contributed by atoms with Crippen molar-refractivity contribution >= 4 is 5.69 Å². The fourth-order valence-corrected chi connectivity index (χ4v) is 13.5. The Balaban J connectivity index is 0.689. The number of aromatic amines is 2. The number of nitrogens with one attached hydrogen (secondary N) is 2. The third-order valence-corrected chi connectivity index (χ3v) is 17.6. The molecule has 1 aliphatic heterocycles. The maximum Gasteiger partial charge on any atom is 0.573 e. The Hall–Kier alpha value is -7.92. The molecule has 1 saturated heterocycles. The first-order valence-corrected chi connectivity index (χ1v) is 27.7. The Morgan fingerprint density at radius 2 is 1.16 bits per heavy atom. The number of benzene rings is 4. The Labute approximate surface area is 462 Å². The fraction of sp³-hybridized carbons (Fsp3) is 0.424. The largest absolute Gasteiger partial charge is 0.573 e. The molecule has 82 heavy (non-hydrogen) atoms. The van der Waals surface area contributed by atoms with Gasteiger partial charge in [0, 0.05) is 64.0 Å². The summed E-state index contributed by atoms with van der Waals surface area (Å²) in [5.41, 5.74) is 5.11. The topological polar surface area (TPSA) is 210 Å². The molecule has 14 rings (SSSR count). The minimum absolute atomic E-state index is 0.00125. The lowest BCUT2D eigenvalue weighted by Gasteiger charge is -2.68. The zero-order valence-electron chi connectivity index (χ0n) is 43.8. The summed E-state index contributed by atoms with van der Waals surface area (Å²) in [6, 6.07) is 23.6. The van der Waals surface area contributed by atoms with Gasteiger partial charge in [-0.25, -0.2) is 14.7 Å². The molecule has 0 radical (unpaired) electrons. The van der Waals surface area contributed by atoms with Crippen LogP contribution in [0.2, 0.25) is 0 Å². The number of H-pyrrole nitrogens is 2. The molecule has 426 valence electrons. The average Bonchev–Trinajstić information content (AvgIpc) is 1.39. The number of piperidine rings is 1. The van der Waals surface area contributed by atoms with Crippen LogP contribution >= 0.6 is 0 Å². The van der Waals surface area contributed by atoms with Gasteiger partial charge in [-0.3, -0.25) is 9.51 Å². The van der Waals surface area contributed by atoms with Crippen molar-refractivity contribution in [3.63, 3.8) is 0 Å². The van der Waals surface area contributed by atoms with Gasteiger partial charge in [-0.15, -0.1) is 31.4 Å². The molecular weight excluding hydrogens is 1080 g/mol. The highest BCUT2D eigenvalue weighted by Gasteiger charge is 2.66. The molecule has 5 saturated carbocycles. The van der Waals surface area contributed by atoms with E-state index in [0.717, 1.165) is 81.2 Å². The Morgan fingerprint density at radius 1 is 0.598 bits per heavy atom. The Kier molecular flexibility index (Phi) is 12.9. The van der Waals surface area contributed by atoms with Crippen LogP contribution in [0, 0.1) is 17.8 Å². The van der Waals surface area contributed by atoms with E-state index in [9.17, 15) is 35.9 Å². The van der Waals surface area contributed by atoms with Crippen molar-refractivity contribution in [2.75, 3.05) is 18.0 Å². The molecule has 0 amide bonds. The maximum absolute atomic E-state index is 14.4. The van der Waals surface area contributed by atoms with E-state index >= 15 is 0 Å². The van der Waals surface area contributed by atoms with Crippen molar-refractivity contribution < 1.29 is 63.3 Å². The zero-order valence-corrected chi connectivity index (χ0v) is 43.8. The van der Waals surface area contributed by atoms with Gasteiger partial charge < -0.3 is 37.3 Å². The molecule has 2 N–H and O–H groups in total. The van der Waals surface area contributed by atoms with Gasteiger partial charge in [-0.2, -0.15) is 0 Å². The van der Waals surface area contributed by atoms with Crippen LogP contribution in [0.3, 0.4) is 0 Å². The summed E-state index contributed by atoms with van der Waals surface area (Å²) in [4.78, 5) is 27.7. The number of nitrogens with zero attached hydrogens (tertiary/aromatic N) is 5. The first-order chi connectivity index (χ1) is 39.6. The van der Waals surface area contributed by atoms with Crippen LogP contribution in [0.15, 0.2) is 113 Å². The number of rotatable bonds is 17. The summed E-state index contributed by atoms with van der Waals surface area (Å²) in [6.07, 6.45) is -1.34. The average molecular weight is 1130 g/mol. The third-order valence-electron chi connectivity index (χ3n) is 17.6. The van der Waals surface area contributed by atoms with Crippen LogP contribution in [-0.4, -0.2) is 68.7 Å². The second-order valence-corrected chi connectivity index (χ2v) is 22.7. The van der Waals surface area contributed by atoms with Crippen LogP contribution in [0.1, 0.15) is 111 Å². The summed E-state index contributed by atoms with van der Waals surface area (Å²) in [6.45, 7) is 1.37. The summed E-state index contributed by atoms with van der Waals surface area (Å²) < 4.78 is 130. The molecule has 5 aliphatic carbocycles. The zero-order chi connectivity index (χ0) is 56.1. The minimum atomic E-state index is -5.16. The van der Waals surface area contributed by atoms with Crippen molar-refractivity contribution in [1.29, 1.82) is 0 Å². The molecule has 6 aliphatic rings. The standard InChI is InChI=1S/C59H53F6N7O10/c60-58(61,62)78-46-24-34(10-17-42(46)49-44(51(80-69-49)30-1-2-30)28-75-40-19-21-72(22-20-40)39-14-7-33(8-15-39)54-67-68-56(74)77-54)35-11-18-43(47(25-35)79-59(63,64)65)50-45(52(81-70-50)31-3-4-31)29-76-41-16-9-36-26-57(27-37(23-41)48(36)57)38-12-5-32(6-13-38)53-66-55(73)82-71-53/h5-8,10-15,17-18,24-25,30-31,36-37,40-41,48H,1-4,9,16,19-23,26-29H2,(H,68,74)(H,66,71,73)/t36-,37-,41+,48?,57?/m1/s1. The molecule has 4 aromatic heterocycles. The van der Waals surface area contributed by atoms with E-state index in [1.165, 1.54) is 29.8 Å². The van der Waals surface area contributed by atoms with Crippen molar-refractivity contribution in [2.24, 2.45) is 17.8 Å². The van der Waals surface area contributed by atoms with Gasteiger partial charge in [0.05, 0.1) is 25.4 Å². The molecule has 17 nitrogen and oxygen atoms in total. The third kappa shape index (κ3) is 10.2. The van der Waals surface area contributed by atoms with E-state index in [1.54, 1.807) is 0 Å². The highest BCUT2D eigenvalue weighted by atomic mass is 19.4. The maximum atomic E-state index is 14.4. The molecule has 8 aromatic rings. The van der Waals surface area contributed by atoms with Gasteiger partial charge in [-0.1, -0.05) is 51.9 Å². The van der Waals surface area contributed by atoms with Crippen molar-refractivity contribution in [1.82, 2.24) is 30.7 Å². The smallest absolute Gasteiger partial charge is 0.405 e. The normalized spacial score (nSPS) is 22.8. The molecule has 4 aromatic carbocycles. The summed E-state index contributed by atoms with van der Waals surface area (Å²) in [5, 5.41) is 18.6. The van der Waals surface area contributed by atoms with Crippen LogP contribution < -0.4 is 25.9 Å². The van der Waals surface area contributed by atoms with Gasteiger partial charge in [-0.05, 0) is 159 Å². The number of anilines is 1. The van der Waals surface area contributed by atoms with Crippen LogP contribution in [0.25, 0.3) is 56.5 Å². The molecule has 2 unspecified atom stereocenters. The lowest BCUT2D eigenvalue weighted by molar-refractivity contribution is -0.275. The summed E-state index contributed by atoms with van der Waals surface area (Å²) >= 11 is 0. The van der Waals surface area contributed by atoms with E-state index < -0.39 is 35.7 Å². The molecular formula is C59H53F6N7O10. The SMILES string of the molecule is O=c1[nH]c(-c2ccc(C34C[C@H]5CC[C@H](OCc6c(-c7ccc(-c8ccc(-c9noc(C%10CC%10)c9COC9CCN(c%10ccc(-c%11n[nH]c(=O)o%11)cc%10)CC9)c(OC(F)(F)F)c8)cc7OC(F)(F)F)noc6C6CC6)C[C@H](C3)C54)cc2)no1. The first-order valence-electron chi connectivity index (χ1n) is 27.7. The van der Waals surface area contributed by atoms with Crippen molar-refractivity contribution in [3.05, 3.63) is 134 Å². The quantitative estimate of drug-likeness (QED) is 0.0812.